The second-order valence-electron chi connectivity index (χ2n) is 5.67. The molecule has 22 heavy (non-hydrogen) atoms. The van der Waals surface area contributed by atoms with Gasteiger partial charge >= 0.3 is 0 Å². The minimum Gasteiger partial charge on any atom is -0.381 e. The molecule has 0 atom stereocenters. The molecule has 0 spiro atoms. The van der Waals surface area contributed by atoms with E-state index in [-0.39, 0.29) is 4.75 Å². The Balaban J connectivity index is 2.16. The summed E-state index contributed by atoms with van der Waals surface area (Å²) >= 11 is 1.94. The lowest BCUT2D eigenvalue weighted by atomic mass is 9.99. The molecule has 130 valence electrons. The van der Waals surface area contributed by atoms with Crippen molar-refractivity contribution in [2.24, 2.45) is 4.99 Å². The maximum atomic E-state index is 5.56. The number of guanidine groups is 1. The van der Waals surface area contributed by atoms with Crippen LogP contribution in [-0.4, -0.2) is 63.5 Å². The van der Waals surface area contributed by atoms with Gasteiger partial charge < -0.3 is 20.1 Å². The van der Waals surface area contributed by atoms with E-state index in [2.05, 4.69) is 28.8 Å². The largest absolute Gasteiger partial charge is 0.381 e. The molecule has 1 saturated heterocycles. The molecule has 0 bridgehead atoms. The van der Waals surface area contributed by atoms with Gasteiger partial charge in [-0.15, -0.1) is 0 Å². The summed E-state index contributed by atoms with van der Waals surface area (Å²) in [6, 6.07) is 0. The van der Waals surface area contributed by atoms with Gasteiger partial charge in [-0.3, -0.25) is 4.99 Å². The average Bonchev–Trinajstić information content (AvgIpc) is 2.57. The van der Waals surface area contributed by atoms with Crippen molar-refractivity contribution in [2.45, 2.75) is 43.8 Å². The van der Waals surface area contributed by atoms with E-state index in [1.165, 1.54) is 6.42 Å². The summed E-state index contributed by atoms with van der Waals surface area (Å²) in [6.07, 6.45) is 7.74. The van der Waals surface area contributed by atoms with Gasteiger partial charge in [0, 0.05) is 51.3 Å². The van der Waals surface area contributed by atoms with E-state index in [1.807, 2.05) is 18.8 Å². The highest BCUT2D eigenvalue weighted by Crippen LogP contribution is 2.32. The zero-order valence-corrected chi connectivity index (χ0v) is 15.3. The molecular formula is C16H33N3O2S. The molecule has 0 aromatic rings. The zero-order valence-electron chi connectivity index (χ0n) is 14.5. The predicted octanol–water partition coefficient (Wildman–Crippen LogP) is 2.27. The van der Waals surface area contributed by atoms with Gasteiger partial charge in [0.1, 0.15) is 0 Å². The standard InChI is InChI=1S/C16H33N3O2S/c1-4-5-10-20-11-6-9-18-15(17-2)19-14-16(22-3)7-12-21-13-8-16/h4-14H2,1-3H3,(H2,17,18,19). The number of hydrogen-bond acceptors (Lipinski definition) is 4. The number of ether oxygens (including phenoxy) is 2. The molecule has 1 aliphatic heterocycles. The average molecular weight is 332 g/mol. The highest BCUT2D eigenvalue weighted by Gasteiger charge is 2.31. The maximum absolute atomic E-state index is 5.56. The number of nitrogens with one attached hydrogen (secondary N) is 2. The number of aliphatic imine (C=N–C) groups is 1. The Bertz CT molecular complexity index is 308. The lowest BCUT2D eigenvalue weighted by Crippen LogP contribution is -2.48. The molecule has 2 N–H and O–H groups in total. The van der Waals surface area contributed by atoms with Gasteiger partial charge in [-0.2, -0.15) is 11.8 Å². The topological polar surface area (TPSA) is 54.9 Å². The minimum atomic E-state index is 0.277. The van der Waals surface area contributed by atoms with Crippen LogP contribution in [0.4, 0.5) is 0 Å². The number of unbranched alkanes of at least 4 members (excludes halogenated alkanes) is 1. The molecular weight excluding hydrogens is 298 g/mol. The highest BCUT2D eigenvalue weighted by atomic mass is 32.2. The van der Waals surface area contributed by atoms with E-state index < -0.39 is 0 Å². The fraction of sp³-hybridized carbons (Fsp3) is 0.938. The highest BCUT2D eigenvalue weighted by molar-refractivity contribution is 8.00. The van der Waals surface area contributed by atoms with Gasteiger partial charge in [0.15, 0.2) is 5.96 Å². The van der Waals surface area contributed by atoms with E-state index in [1.54, 1.807) is 0 Å². The maximum Gasteiger partial charge on any atom is 0.191 e. The third-order valence-electron chi connectivity index (χ3n) is 4.04. The summed E-state index contributed by atoms with van der Waals surface area (Å²) in [5.41, 5.74) is 0. The fourth-order valence-electron chi connectivity index (χ4n) is 2.39. The number of thioether (sulfide) groups is 1. The van der Waals surface area contributed by atoms with Crippen LogP contribution in [0.15, 0.2) is 4.99 Å². The monoisotopic (exact) mass is 331 g/mol. The Morgan fingerprint density at radius 2 is 1.95 bits per heavy atom. The number of nitrogens with zero attached hydrogens (tertiary/aromatic N) is 1. The second-order valence-corrected chi connectivity index (χ2v) is 6.95. The molecule has 0 saturated carbocycles. The third-order valence-corrected chi connectivity index (χ3v) is 5.46. The second kappa shape index (κ2) is 12.0. The molecule has 0 aromatic heterocycles. The lowest BCUT2D eigenvalue weighted by Gasteiger charge is -2.36. The molecule has 0 radical (unpaired) electrons. The van der Waals surface area contributed by atoms with E-state index in [4.69, 9.17) is 9.47 Å². The van der Waals surface area contributed by atoms with E-state index >= 15 is 0 Å². The smallest absolute Gasteiger partial charge is 0.191 e. The summed E-state index contributed by atoms with van der Waals surface area (Å²) in [6.45, 7) is 7.43. The van der Waals surface area contributed by atoms with Gasteiger partial charge in [-0.05, 0) is 31.9 Å². The van der Waals surface area contributed by atoms with Crippen LogP contribution < -0.4 is 10.6 Å². The van der Waals surface area contributed by atoms with Gasteiger partial charge in [-0.1, -0.05) is 13.3 Å². The van der Waals surface area contributed by atoms with E-state index in [0.717, 1.165) is 71.2 Å². The molecule has 0 aromatic carbocycles. The molecule has 1 heterocycles. The summed E-state index contributed by atoms with van der Waals surface area (Å²) in [5, 5.41) is 6.82. The van der Waals surface area contributed by atoms with Crippen LogP contribution in [-0.2, 0) is 9.47 Å². The first-order valence-electron chi connectivity index (χ1n) is 8.41. The third kappa shape index (κ3) is 7.70. The molecule has 0 amide bonds. The van der Waals surface area contributed by atoms with Crippen molar-refractivity contribution >= 4 is 17.7 Å². The zero-order chi connectivity index (χ0) is 16.1. The first-order valence-corrected chi connectivity index (χ1v) is 9.64. The summed E-state index contributed by atoms with van der Waals surface area (Å²) in [4.78, 5) is 4.30. The number of hydrogen-bond donors (Lipinski definition) is 2. The van der Waals surface area contributed by atoms with Crippen molar-refractivity contribution in [3.63, 3.8) is 0 Å². The molecule has 6 heteroatoms. The van der Waals surface area contributed by atoms with Crippen LogP contribution in [0, 0.1) is 0 Å². The Kier molecular flexibility index (Phi) is 10.7. The SMILES string of the molecule is CCCCOCCCNC(=NC)NCC1(SC)CCOCC1. The van der Waals surface area contributed by atoms with Crippen LogP contribution in [0.1, 0.15) is 39.0 Å². The molecule has 1 aliphatic rings. The lowest BCUT2D eigenvalue weighted by molar-refractivity contribution is 0.0782. The van der Waals surface area contributed by atoms with Crippen molar-refractivity contribution in [1.29, 1.82) is 0 Å². The molecule has 1 rings (SSSR count). The van der Waals surface area contributed by atoms with Crippen molar-refractivity contribution in [1.82, 2.24) is 10.6 Å². The predicted molar refractivity (Wildman–Crippen MR) is 96.0 cm³/mol. The number of rotatable bonds is 10. The Hall–Kier alpha value is -0.460. The van der Waals surface area contributed by atoms with Crippen LogP contribution in [0.25, 0.3) is 0 Å². The summed E-state index contributed by atoms with van der Waals surface area (Å²) in [5.74, 6) is 0.883. The van der Waals surface area contributed by atoms with Gasteiger partial charge in [0.2, 0.25) is 0 Å². The molecule has 5 nitrogen and oxygen atoms in total. The molecule has 0 aliphatic carbocycles. The van der Waals surface area contributed by atoms with E-state index in [0.29, 0.717) is 0 Å². The van der Waals surface area contributed by atoms with Crippen LogP contribution in [0.3, 0.4) is 0 Å². The van der Waals surface area contributed by atoms with Crippen molar-refractivity contribution in [3.05, 3.63) is 0 Å². The van der Waals surface area contributed by atoms with Crippen LogP contribution in [0.5, 0.6) is 0 Å². The van der Waals surface area contributed by atoms with Crippen molar-refractivity contribution in [2.75, 3.05) is 52.8 Å². The van der Waals surface area contributed by atoms with Crippen molar-refractivity contribution in [3.8, 4) is 0 Å². The Morgan fingerprint density at radius 1 is 1.23 bits per heavy atom. The first-order chi connectivity index (χ1) is 10.8. The van der Waals surface area contributed by atoms with Gasteiger partial charge in [-0.25, -0.2) is 0 Å². The van der Waals surface area contributed by atoms with E-state index in [9.17, 15) is 0 Å². The van der Waals surface area contributed by atoms with Gasteiger partial charge in [0.25, 0.3) is 0 Å². The van der Waals surface area contributed by atoms with Crippen molar-refractivity contribution < 1.29 is 9.47 Å². The van der Waals surface area contributed by atoms with Crippen LogP contribution in [0.2, 0.25) is 0 Å². The first kappa shape index (κ1) is 19.6. The Labute approximate surface area is 140 Å². The molecule has 1 fully saturated rings. The minimum absolute atomic E-state index is 0.277. The summed E-state index contributed by atoms with van der Waals surface area (Å²) < 4.78 is 11.3. The fourth-order valence-corrected chi connectivity index (χ4v) is 3.18. The van der Waals surface area contributed by atoms with Crippen LogP contribution >= 0.6 is 11.8 Å². The van der Waals surface area contributed by atoms with Gasteiger partial charge in [0.05, 0.1) is 0 Å². The molecule has 0 unspecified atom stereocenters. The Morgan fingerprint density at radius 3 is 2.59 bits per heavy atom. The summed E-state index contributed by atoms with van der Waals surface area (Å²) in [7, 11) is 1.82. The normalized spacial score (nSPS) is 18.2. The quantitative estimate of drug-likeness (QED) is 0.365.